The van der Waals surface area contributed by atoms with E-state index in [0.29, 0.717) is 30.2 Å². The van der Waals surface area contributed by atoms with E-state index in [4.69, 9.17) is 9.26 Å². The summed E-state index contributed by atoms with van der Waals surface area (Å²) in [6, 6.07) is 7.80. The Balaban J connectivity index is 2.00. The molecule has 1 aromatic heterocycles. The molecule has 1 N–H and O–H groups in total. The number of para-hydroxylation sites is 1. The summed E-state index contributed by atoms with van der Waals surface area (Å²) in [7, 11) is 0. The number of hydrogen-bond donors (Lipinski definition) is 1. The Labute approximate surface area is 161 Å². The van der Waals surface area contributed by atoms with Crippen LogP contribution >= 0.6 is 0 Å². The maximum Gasteiger partial charge on any atom is 0.257 e. The molecule has 0 aliphatic carbocycles. The number of hydrogen-bond acceptors (Lipinski definition) is 5. The minimum atomic E-state index is -0.171. The molecule has 6 heteroatoms. The third-order valence-corrected chi connectivity index (χ3v) is 4.61. The Morgan fingerprint density at radius 2 is 1.96 bits per heavy atom. The minimum Gasteiger partial charge on any atom is -0.492 e. The Kier molecular flexibility index (Phi) is 7.85. The largest absolute Gasteiger partial charge is 0.492 e. The second kappa shape index (κ2) is 10.1. The standard InChI is InChI=1S/C21H31N3O3/c1-6-24(7-2)12-13-26-18-11-9-8-10-17(18)14-22-21(25)19-16(5)23-27-20(19)15(3)4/h8-11,15H,6-7,12-14H2,1-5H3,(H,22,25). The van der Waals surface area contributed by atoms with E-state index in [2.05, 4.69) is 29.2 Å². The van der Waals surface area contributed by atoms with Crippen LogP contribution in [0.3, 0.4) is 0 Å². The Morgan fingerprint density at radius 1 is 1.26 bits per heavy atom. The van der Waals surface area contributed by atoms with Gasteiger partial charge in [0, 0.05) is 24.6 Å². The molecule has 0 saturated heterocycles. The quantitative estimate of drug-likeness (QED) is 0.687. The maximum atomic E-state index is 12.7. The monoisotopic (exact) mass is 373 g/mol. The number of nitrogens with zero attached hydrogens (tertiary/aromatic N) is 2. The lowest BCUT2D eigenvalue weighted by molar-refractivity contribution is 0.0947. The number of rotatable bonds is 10. The number of carbonyl (C=O) groups excluding carboxylic acids is 1. The van der Waals surface area contributed by atoms with Crippen molar-refractivity contribution >= 4 is 5.91 Å². The molecule has 1 aromatic carbocycles. The lowest BCUT2D eigenvalue weighted by Gasteiger charge is -2.19. The average molecular weight is 373 g/mol. The van der Waals surface area contributed by atoms with Crippen LogP contribution in [0.2, 0.25) is 0 Å². The first kappa shape index (κ1) is 21.0. The summed E-state index contributed by atoms with van der Waals surface area (Å²) in [5, 5.41) is 6.91. The molecule has 0 unspecified atom stereocenters. The summed E-state index contributed by atoms with van der Waals surface area (Å²) in [5.41, 5.74) is 2.09. The molecular formula is C21H31N3O3. The highest BCUT2D eigenvalue weighted by Crippen LogP contribution is 2.23. The fourth-order valence-corrected chi connectivity index (χ4v) is 2.94. The van der Waals surface area contributed by atoms with E-state index in [1.807, 2.05) is 38.1 Å². The average Bonchev–Trinajstić information content (AvgIpc) is 3.06. The van der Waals surface area contributed by atoms with Crippen molar-refractivity contribution in [1.82, 2.24) is 15.4 Å². The van der Waals surface area contributed by atoms with Crippen LogP contribution in [0.1, 0.15) is 61.0 Å². The zero-order chi connectivity index (χ0) is 19.8. The molecule has 2 aromatic rings. The number of amides is 1. The molecule has 0 aliphatic heterocycles. The van der Waals surface area contributed by atoms with Crippen LogP contribution < -0.4 is 10.1 Å². The maximum absolute atomic E-state index is 12.7. The van der Waals surface area contributed by atoms with E-state index in [9.17, 15) is 4.79 Å². The van der Waals surface area contributed by atoms with Gasteiger partial charge in [0.1, 0.15) is 17.9 Å². The molecule has 0 atom stereocenters. The first-order chi connectivity index (χ1) is 13.0. The summed E-state index contributed by atoms with van der Waals surface area (Å²) in [5.74, 6) is 1.35. The van der Waals surface area contributed by atoms with Crippen molar-refractivity contribution in [2.75, 3.05) is 26.2 Å². The predicted octanol–water partition coefficient (Wildman–Crippen LogP) is 3.76. The molecule has 0 radical (unpaired) electrons. The summed E-state index contributed by atoms with van der Waals surface area (Å²) in [6.45, 7) is 13.9. The highest BCUT2D eigenvalue weighted by Gasteiger charge is 2.22. The summed E-state index contributed by atoms with van der Waals surface area (Å²) in [4.78, 5) is 15.0. The molecule has 0 fully saturated rings. The van der Waals surface area contributed by atoms with E-state index in [0.717, 1.165) is 30.9 Å². The first-order valence-electron chi connectivity index (χ1n) is 9.65. The minimum absolute atomic E-state index is 0.0997. The van der Waals surface area contributed by atoms with Crippen LogP contribution in [0.15, 0.2) is 28.8 Å². The van der Waals surface area contributed by atoms with Crippen molar-refractivity contribution in [3.63, 3.8) is 0 Å². The molecule has 27 heavy (non-hydrogen) atoms. The fourth-order valence-electron chi connectivity index (χ4n) is 2.94. The number of ether oxygens (including phenoxy) is 1. The Hall–Kier alpha value is -2.34. The van der Waals surface area contributed by atoms with Gasteiger partial charge in [-0.3, -0.25) is 4.79 Å². The van der Waals surface area contributed by atoms with Gasteiger partial charge in [0.2, 0.25) is 0 Å². The summed E-state index contributed by atoms with van der Waals surface area (Å²) < 4.78 is 11.3. The van der Waals surface area contributed by atoms with E-state index < -0.39 is 0 Å². The second-order valence-corrected chi connectivity index (χ2v) is 6.83. The van der Waals surface area contributed by atoms with Crippen LogP contribution in [0.25, 0.3) is 0 Å². The second-order valence-electron chi connectivity index (χ2n) is 6.83. The Morgan fingerprint density at radius 3 is 2.63 bits per heavy atom. The van der Waals surface area contributed by atoms with Gasteiger partial charge in [0.15, 0.2) is 5.76 Å². The number of carbonyl (C=O) groups is 1. The van der Waals surface area contributed by atoms with Gasteiger partial charge in [-0.1, -0.05) is 51.1 Å². The highest BCUT2D eigenvalue weighted by molar-refractivity contribution is 5.96. The van der Waals surface area contributed by atoms with Crippen molar-refractivity contribution in [2.45, 2.75) is 47.1 Å². The number of aromatic nitrogens is 1. The topological polar surface area (TPSA) is 67.6 Å². The number of benzene rings is 1. The number of likely N-dealkylation sites (N-methyl/N-ethyl adjacent to an activating group) is 1. The van der Waals surface area contributed by atoms with Crippen molar-refractivity contribution < 1.29 is 14.1 Å². The summed E-state index contributed by atoms with van der Waals surface area (Å²) >= 11 is 0. The third kappa shape index (κ3) is 5.57. The lowest BCUT2D eigenvalue weighted by Crippen LogP contribution is -2.28. The predicted molar refractivity (Wildman–Crippen MR) is 106 cm³/mol. The fraction of sp³-hybridized carbons (Fsp3) is 0.524. The van der Waals surface area contributed by atoms with Gasteiger partial charge < -0.3 is 19.5 Å². The molecule has 148 valence electrons. The zero-order valence-electron chi connectivity index (χ0n) is 17.0. The normalized spacial score (nSPS) is 11.2. The molecule has 1 heterocycles. The van der Waals surface area contributed by atoms with Gasteiger partial charge in [-0.15, -0.1) is 0 Å². The zero-order valence-corrected chi connectivity index (χ0v) is 17.0. The molecule has 0 aliphatic rings. The smallest absolute Gasteiger partial charge is 0.257 e. The van der Waals surface area contributed by atoms with E-state index in [1.54, 1.807) is 6.92 Å². The van der Waals surface area contributed by atoms with E-state index in [1.165, 1.54) is 0 Å². The van der Waals surface area contributed by atoms with Crippen LogP contribution in [-0.2, 0) is 6.54 Å². The van der Waals surface area contributed by atoms with Crippen molar-refractivity contribution in [1.29, 1.82) is 0 Å². The Bertz CT molecular complexity index is 736. The lowest BCUT2D eigenvalue weighted by atomic mass is 10.0. The molecular weight excluding hydrogens is 342 g/mol. The molecule has 6 nitrogen and oxygen atoms in total. The van der Waals surface area contributed by atoms with Crippen LogP contribution in [-0.4, -0.2) is 42.2 Å². The molecule has 0 spiro atoms. The first-order valence-corrected chi connectivity index (χ1v) is 9.65. The number of aryl methyl sites for hydroxylation is 1. The number of nitrogens with one attached hydrogen (secondary N) is 1. The van der Waals surface area contributed by atoms with Gasteiger partial charge in [-0.2, -0.15) is 0 Å². The van der Waals surface area contributed by atoms with Crippen molar-refractivity contribution in [2.24, 2.45) is 0 Å². The van der Waals surface area contributed by atoms with Gasteiger partial charge in [-0.25, -0.2) is 0 Å². The van der Waals surface area contributed by atoms with Crippen LogP contribution in [0.4, 0.5) is 0 Å². The van der Waals surface area contributed by atoms with Gasteiger partial charge in [0.25, 0.3) is 5.91 Å². The van der Waals surface area contributed by atoms with Crippen LogP contribution in [0.5, 0.6) is 5.75 Å². The van der Waals surface area contributed by atoms with Gasteiger partial charge >= 0.3 is 0 Å². The van der Waals surface area contributed by atoms with E-state index >= 15 is 0 Å². The third-order valence-electron chi connectivity index (χ3n) is 4.61. The van der Waals surface area contributed by atoms with Crippen molar-refractivity contribution in [3.8, 4) is 5.75 Å². The van der Waals surface area contributed by atoms with Crippen molar-refractivity contribution in [3.05, 3.63) is 46.8 Å². The highest BCUT2D eigenvalue weighted by atomic mass is 16.5. The van der Waals surface area contributed by atoms with Gasteiger partial charge in [-0.05, 0) is 26.1 Å². The molecule has 0 bridgehead atoms. The SMILES string of the molecule is CCN(CC)CCOc1ccccc1CNC(=O)c1c(C)noc1C(C)C. The van der Waals surface area contributed by atoms with Gasteiger partial charge in [0.05, 0.1) is 5.69 Å². The van der Waals surface area contributed by atoms with Crippen LogP contribution in [0, 0.1) is 6.92 Å². The summed E-state index contributed by atoms with van der Waals surface area (Å²) in [6.07, 6.45) is 0. The van der Waals surface area contributed by atoms with E-state index in [-0.39, 0.29) is 11.8 Å². The molecule has 2 rings (SSSR count). The molecule has 1 amide bonds. The molecule has 0 saturated carbocycles.